The number of unbranched alkanes of at least 4 members (excludes halogenated alkanes) is 1. The van der Waals surface area contributed by atoms with Crippen LogP contribution in [0.3, 0.4) is 0 Å². The summed E-state index contributed by atoms with van der Waals surface area (Å²) in [6, 6.07) is 5.98. The van der Waals surface area contributed by atoms with Gasteiger partial charge in [0.25, 0.3) is 0 Å². The standard InChI is InChI=1S/C16H23N5/c1-4-5-9-21(3)16-10-15(19-13(2)20-16)18-12-14-7-6-8-17-11-14/h6-8,10-11H,4-5,9,12H2,1-3H3,(H,18,19,20). The second-order valence-electron chi connectivity index (χ2n) is 5.15. The molecule has 0 aliphatic rings. The fourth-order valence-corrected chi connectivity index (χ4v) is 2.04. The normalized spacial score (nSPS) is 10.4. The van der Waals surface area contributed by atoms with Crippen molar-refractivity contribution in [1.29, 1.82) is 0 Å². The lowest BCUT2D eigenvalue weighted by Crippen LogP contribution is -2.20. The number of nitrogens with zero attached hydrogens (tertiary/aromatic N) is 4. The van der Waals surface area contributed by atoms with Crippen LogP contribution in [0, 0.1) is 6.92 Å². The molecule has 0 unspecified atom stereocenters. The van der Waals surface area contributed by atoms with Crippen molar-refractivity contribution in [2.24, 2.45) is 0 Å². The van der Waals surface area contributed by atoms with Crippen molar-refractivity contribution in [3.05, 3.63) is 42.0 Å². The molecule has 5 nitrogen and oxygen atoms in total. The molecule has 2 aromatic heterocycles. The van der Waals surface area contributed by atoms with E-state index in [0.717, 1.165) is 36.0 Å². The van der Waals surface area contributed by atoms with E-state index >= 15 is 0 Å². The first kappa shape index (κ1) is 15.2. The van der Waals surface area contributed by atoms with E-state index in [-0.39, 0.29) is 0 Å². The second-order valence-corrected chi connectivity index (χ2v) is 5.15. The van der Waals surface area contributed by atoms with Gasteiger partial charge < -0.3 is 10.2 Å². The lowest BCUT2D eigenvalue weighted by molar-refractivity contribution is 0.756. The van der Waals surface area contributed by atoms with Crippen LogP contribution in [0.15, 0.2) is 30.6 Å². The highest BCUT2D eigenvalue weighted by molar-refractivity contribution is 5.49. The number of rotatable bonds is 7. The molecule has 2 aromatic rings. The summed E-state index contributed by atoms with van der Waals surface area (Å²) in [7, 11) is 2.07. The number of aryl methyl sites for hydroxylation is 1. The summed E-state index contributed by atoms with van der Waals surface area (Å²) >= 11 is 0. The van der Waals surface area contributed by atoms with Crippen molar-refractivity contribution in [2.45, 2.75) is 33.2 Å². The van der Waals surface area contributed by atoms with Crippen molar-refractivity contribution >= 4 is 11.6 Å². The fourth-order valence-electron chi connectivity index (χ4n) is 2.04. The number of hydrogen-bond acceptors (Lipinski definition) is 5. The number of pyridine rings is 1. The average molecular weight is 285 g/mol. The summed E-state index contributed by atoms with van der Waals surface area (Å²) in [5.74, 6) is 2.60. The minimum Gasteiger partial charge on any atom is -0.366 e. The molecule has 0 aliphatic heterocycles. The summed E-state index contributed by atoms with van der Waals surface area (Å²) in [6.07, 6.45) is 5.98. The Morgan fingerprint density at radius 1 is 1.29 bits per heavy atom. The van der Waals surface area contributed by atoms with Gasteiger partial charge in [0, 0.05) is 38.6 Å². The van der Waals surface area contributed by atoms with Crippen molar-refractivity contribution in [3.63, 3.8) is 0 Å². The molecule has 112 valence electrons. The zero-order valence-corrected chi connectivity index (χ0v) is 13.0. The number of aromatic nitrogens is 3. The Morgan fingerprint density at radius 3 is 2.86 bits per heavy atom. The predicted octanol–water partition coefficient (Wildman–Crippen LogP) is 3.03. The van der Waals surface area contributed by atoms with E-state index in [9.17, 15) is 0 Å². The second kappa shape index (κ2) is 7.57. The number of hydrogen-bond donors (Lipinski definition) is 1. The molecule has 0 amide bonds. The quantitative estimate of drug-likeness (QED) is 0.847. The summed E-state index contributed by atoms with van der Waals surface area (Å²) < 4.78 is 0. The minimum atomic E-state index is 0.711. The molecule has 0 aliphatic carbocycles. The molecule has 1 N–H and O–H groups in total. The molecule has 0 radical (unpaired) electrons. The SMILES string of the molecule is CCCCN(C)c1cc(NCc2cccnc2)nc(C)n1. The van der Waals surface area contributed by atoms with Crippen LogP contribution in [0.2, 0.25) is 0 Å². The van der Waals surface area contributed by atoms with E-state index in [0.29, 0.717) is 6.54 Å². The monoisotopic (exact) mass is 285 g/mol. The Balaban J connectivity index is 2.04. The largest absolute Gasteiger partial charge is 0.366 e. The Hall–Kier alpha value is -2.17. The first-order valence-electron chi connectivity index (χ1n) is 7.38. The van der Waals surface area contributed by atoms with Gasteiger partial charge in [0.2, 0.25) is 0 Å². The van der Waals surface area contributed by atoms with Crippen molar-refractivity contribution in [3.8, 4) is 0 Å². The zero-order valence-electron chi connectivity index (χ0n) is 13.0. The van der Waals surface area contributed by atoms with E-state index in [1.54, 1.807) is 6.20 Å². The van der Waals surface area contributed by atoms with Crippen molar-refractivity contribution < 1.29 is 0 Å². The van der Waals surface area contributed by atoms with Gasteiger partial charge in [-0.15, -0.1) is 0 Å². The summed E-state index contributed by atoms with van der Waals surface area (Å²) in [4.78, 5) is 15.2. The van der Waals surface area contributed by atoms with Gasteiger partial charge in [-0.25, -0.2) is 9.97 Å². The molecular weight excluding hydrogens is 262 g/mol. The molecule has 0 spiro atoms. The predicted molar refractivity (Wildman–Crippen MR) is 86.5 cm³/mol. The maximum Gasteiger partial charge on any atom is 0.134 e. The molecule has 5 heteroatoms. The smallest absolute Gasteiger partial charge is 0.134 e. The lowest BCUT2D eigenvalue weighted by atomic mass is 10.3. The third-order valence-corrected chi connectivity index (χ3v) is 3.26. The van der Waals surface area contributed by atoms with Gasteiger partial charge in [-0.2, -0.15) is 0 Å². The molecule has 0 atom stereocenters. The first-order chi connectivity index (χ1) is 10.2. The van der Waals surface area contributed by atoms with Gasteiger partial charge in [-0.3, -0.25) is 4.98 Å². The molecule has 0 saturated heterocycles. The Bertz CT molecular complexity index is 556. The summed E-state index contributed by atoms with van der Waals surface area (Å²) in [5, 5.41) is 3.34. The third-order valence-electron chi connectivity index (χ3n) is 3.26. The Morgan fingerprint density at radius 2 is 2.14 bits per heavy atom. The zero-order chi connectivity index (χ0) is 15.1. The van der Waals surface area contributed by atoms with Crippen molar-refractivity contribution in [2.75, 3.05) is 23.8 Å². The molecule has 2 heterocycles. The maximum absolute atomic E-state index is 4.50. The lowest BCUT2D eigenvalue weighted by Gasteiger charge is -2.19. The molecule has 21 heavy (non-hydrogen) atoms. The van der Waals surface area contributed by atoms with Crippen LogP contribution in [0.4, 0.5) is 11.6 Å². The number of nitrogens with one attached hydrogen (secondary N) is 1. The third kappa shape index (κ3) is 4.70. The van der Waals surface area contributed by atoms with Crippen LogP contribution in [-0.4, -0.2) is 28.5 Å². The Kier molecular flexibility index (Phi) is 5.49. The Labute approximate surface area is 126 Å². The van der Waals surface area contributed by atoms with Gasteiger partial charge in [-0.05, 0) is 25.0 Å². The van der Waals surface area contributed by atoms with Gasteiger partial charge in [0.05, 0.1) is 0 Å². The van der Waals surface area contributed by atoms with Crippen LogP contribution in [0.5, 0.6) is 0 Å². The molecule has 0 aromatic carbocycles. The molecule has 0 saturated carbocycles. The highest BCUT2D eigenvalue weighted by Gasteiger charge is 2.06. The van der Waals surface area contributed by atoms with Crippen LogP contribution < -0.4 is 10.2 Å². The van der Waals surface area contributed by atoms with Crippen molar-refractivity contribution in [1.82, 2.24) is 15.0 Å². The van der Waals surface area contributed by atoms with Crippen LogP contribution in [-0.2, 0) is 6.54 Å². The topological polar surface area (TPSA) is 53.9 Å². The van der Waals surface area contributed by atoms with E-state index in [1.165, 1.54) is 6.42 Å². The fraction of sp³-hybridized carbons (Fsp3) is 0.438. The molecular formula is C16H23N5. The highest BCUT2D eigenvalue weighted by atomic mass is 15.2. The van der Waals surface area contributed by atoms with E-state index < -0.39 is 0 Å². The van der Waals surface area contributed by atoms with Gasteiger partial charge in [-0.1, -0.05) is 19.4 Å². The van der Waals surface area contributed by atoms with Gasteiger partial charge in [0.15, 0.2) is 0 Å². The summed E-state index contributed by atoms with van der Waals surface area (Å²) in [6.45, 7) is 5.84. The minimum absolute atomic E-state index is 0.711. The molecule has 0 fully saturated rings. The molecule has 0 bridgehead atoms. The van der Waals surface area contributed by atoms with Gasteiger partial charge in [0.1, 0.15) is 17.5 Å². The van der Waals surface area contributed by atoms with Crippen LogP contribution >= 0.6 is 0 Å². The van der Waals surface area contributed by atoms with E-state index in [4.69, 9.17) is 0 Å². The molecule has 2 rings (SSSR count). The van der Waals surface area contributed by atoms with Crippen LogP contribution in [0.1, 0.15) is 31.2 Å². The first-order valence-corrected chi connectivity index (χ1v) is 7.38. The van der Waals surface area contributed by atoms with E-state index in [2.05, 4.69) is 39.1 Å². The van der Waals surface area contributed by atoms with Crippen LogP contribution in [0.25, 0.3) is 0 Å². The van der Waals surface area contributed by atoms with E-state index in [1.807, 2.05) is 31.3 Å². The van der Waals surface area contributed by atoms with Gasteiger partial charge >= 0.3 is 0 Å². The highest BCUT2D eigenvalue weighted by Crippen LogP contribution is 2.16. The average Bonchev–Trinajstić information content (AvgIpc) is 2.51. The number of anilines is 2. The summed E-state index contributed by atoms with van der Waals surface area (Å²) in [5.41, 5.74) is 1.13. The maximum atomic E-state index is 4.50.